The minimum Gasteiger partial charge on any atom is -0.378 e. The number of amides is 2. The largest absolute Gasteiger partial charge is 0.378 e. The molecule has 0 saturated carbocycles. The third kappa shape index (κ3) is 4.49. The Morgan fingerprint density at radius 2 is 2.12 bits per heavy atom. The van der Waals surface area contributed by atoms with Crippen molar-refractivity contribution in [2.75, 3.05) is 49.3 Å². The van der Waals surface area contributed by atoms with Crippen molar-refractivity contribution >= 4 is 40.8 Å². The van der Waals surface area contributed by atoms with Gasteiger partial charge in [0.25, 0.3) is 0 Å². The second-order valence-electron chi connectivity index (χ2n) is 5.37. The first-order chi connectivity index (χ1) is 12.2. The molecule has 0 bridgehead atoms. The van der Waals surface area contributed by atoms with Crippen LogP contribution in [0.3, 0.4) is 0 Å². The van der Waals surface area contributed by atoms with Crippen molar-refractivity contribution in [1.82, 2.24) is 14.9 Å². The molecule has 1 saturated heterocycles. The van der Waals surface area contributed by atoms with Crippen LogP contribution in [0, 0.1) is 0 Å². The molecule has 1 aromatic carbocycles. The number of hydrogen-bond donors (Lipinski definition) is 3. The standard InChI is InChI=1S/C16H19ClN6O2/c1-18-14-13(21-16(24)23-5-7-25-8-6-23)10-19-15(22-14)20-12-4-2-3-11(17)9-12/h2-4,9-10H,5-8H2,1H3,(H,21,24)(H2,18,19,20,22). The number of carbonyl (C=O) groups excluding carboxylic acids is 1. The lowest BCUT2D eigenvalue weighted by molar-refractivity contribution is 0.0564. The summed E-state index contributed by atoms with van der Waals surface area (Å²) in [5.74, 6) is 0.914. The highest BCUT2D eigenvalue weighted by Crippen LogP contribution is 2.23. The summed E-state index contributed by atoms with van der Waals surface area (Å²) in [6.07, 6.45) is 1.56. The molecule has 2 amide bonds. The number of nitrogens with zero attached hydrogens (tertiary/aromatic N) is 3. The predicted octanol–water partition coefficient (Wildman–Crippen LogP) is 2.78. The summed E-state index contributed by atoms with van der Waals surface area (Å²) in [7, 11) is 1.73. The minimum absolute atomic E-state index is 0.195. The maximum atomic E-state index is 12.3. The van der Waals surface area contributed by atoms with Crippen molar-refractivity contribution in [3.63, 3.8) is 0 Å². The van der Waals surface area contributed by atoms with E-state index in [0.717, 1.165) is 5.69 Å². The summed E-state index contributed by atoms with van der Waals surface area (Å²) in [6, 6.07) is 7.07. The summed E-state index contributed by atoms with van der Waals surface area (Å²) >= 11 is 5.97. The van der Waals surface area contributed by atoms with Crippen LogP contribution in [0.25, 0.3) is 0 Å². The van der Waals surface area contributed by atoms with Gasteiger partial charge < -0.3 is 25.6 Å². The van der Waals surface area contributed by atoms with Crippen LogP contribution < -0.4 is 16.0 Å². The number of ether oxygens (including phenoxy) is 1. The number of carbonyl (C=O) groups is 1. The van der Waals surface area contributed by atoms with Crippen molar-refractivity contribution in [2.45, 2.75) is 0 Å². The summed E-state index contributed by atoms with van der Waals surface area (Å²) in [5.41, 5.74) is 1.29. The van der Waals surface area contributed by atoms with Gasteiger partial charge in [0.05, 0.1) is 19.4 Å². The fraction of sp³-hybridized carbons (Fsp3) is 0.312. The van der Waals surface area contributed by atoms with Crippen molar-refractivity contribution in [3.05, 3.63) is 35.5 Å². The quantitative estimate of drug-likeness (QED) is 0.774. The Balaban J connectivity index is 1.71. The van der Waals surface area contributed by atoms with Gasteiger partial charge in [-0.05, 0) is 18.2 Å². The normalized spacial score (nSPS) is 14.1. The highest BCUT2D eigenvalue weighted by atomic mass is 35.5. The second-order valence-corrected chi connectivity index (χ2v) is 5.81. The SMILES string of the molecule is CNc1nc(Nc2cccc(Cl)c2)ncc1NC(=O)N1CCOCC1. The lowest BCUT2D eigenvalue weighted by Crippen LogP contribution is -2.43. The number of nitrogens with one attached hydrogen (secondary N) is 3. The van der Waals surface area contributed by atoms with Gasteiger partial charge in [0, 0.05) is 30.8 Å². The molecule has 1 aliphatic rings. The van der Waals surface area contributed by atoms with Gasteiger partial charge in [-0.2, -0.15) is 4.98 Å². The van der Waals surface area contributed by atoms with E-state index in [2.05, 4.69) is 25.9 Å². The van der Waals surface area contributed by atoms with E-state index in [0.29, 0.717) is 48.8 Å². The van der Waals surface area contributed by atoms with Gasteiger partial charge in [0.15, 0.2) is 5.82 Å². The number of rotatable bonds is 4. The lowest BCUT2D eigenvalue weighted by Gasteiger charge is -2.27. The van der Waals surface area contributed by atoms with Crippen molar-refractivity contribution in [1.29, 1.82) is 0 Å². The molecule has 2 heterocycles. The highest BCUT2D eigenvalue weighted by molar-refractivity contribution is 6.30. The summed E-state index contributed by atoms with van der Waals surface area (Å²) < 4.78 is 5.25. The third-order valence-corrected chi connectivity index (χ3v) is 3.88. The van der Waals surface area contributed by atoms with E-state index in [1.165, 1.54) is 0 Å². The second kappa shape index (κ2) is 8.00. The van der Waals surface area contributed by atoms with E-state index in [4.69, 9.17) is 16.3 Å². The van der Waals surface area contributed by atoms with Crippen LogP contribution in [-0.2, 0) is 4.74 Å². The Bertz CT molecular complexity index is 751. The van der Waals surface area contributed by atoms with E-state index in [1.54, 1.807) is 30.3 Å². The Hall–Kier alpha value is -2.58. The number of urea groups is 1. The Kier molecular flexibility index (Phi) is 5.52. The zero-order valence-corrected chi connectivity index (χ0v) is 14.5. The number of hydrogen-bond acceptors (Lipinski definition) is 6. The first kappa shape index (κ1) is 17.2. The average molecular weight is 363 g/mol. The Morgan fingerprint density at radius 1 is 1.32 bits per heavy atom. The van der Waals surface area contributed by atoms with Crippen LogP contribution in [0.5, 0.6) is 0 Å². The van der Waals surface area contributed by atoms with Crippen molar-refractivity contribution in [3.8, 4) is 0 Å². The van der Waals surface area contributed by atoms with Gasteiger partial charge in [-0.1, -0.05) is 17.7 Å². The Morgan fingerprint density at radius 3 is 2.84 bits per heavy atom. The van der Waals surface area contributed by atoms with Gasteiger partial charge >= 0.3 is 6.03 Å². The van der Waals surface area contributed by atoms with Crippen LogP contribution in [-0.4, -0.2) is 54.2 Å². The third-order valence-electron chi connectivity index (χ3n) is 3.65. The zero-order chi connectivity index (χ0) is 17.6. The lowest BCUT2D eigenvalue weighted by atomic mass is 10.3. The molecular weight excluding hydrogens is 344 g/mol. The van der Waals surface area contributed by atoms with E-state index in [1.807, 2.05) is 12.1 Å². The van der Waals surface area contributed by atoms with Gasteiger partial charge in [-0.25, -0.2) is 9.78 Å². The molecule has 0 radical (unpaired) electrons. The molecular formula is C16H19ClN6O2. The molecule has 1 aromatic heterocycles. The van der Waals surface area contributed by atoms with Crippen LogP contribution in [0.1, 0.15) is 0 Å². The number of anilines is 4. The average Bonchev–Trinajstić information content (AvgIpc) is 2.63. The summed E-state index contributed by atoms with van der Waals surface area (Å²) in [4.78, 5) is 22.6. The van der Waals surface area contributed by atoms with Gasteiger partial charge in [0.1, 0.15) is 5.69 Å². The van der Waals surface area contributed by atoms with E-state index < -0.39 is 0 Å². The van der Waals surface area contributed by atoms with Crippen LogP contribution >= 0.6 is 11.6 Å². The number of aromatic nitrogens is 2. The van der Waals surface area contributed by atoms with Crippen molar-refractivity contribution < 1.29 is 9.53 Å². The number of benzene rings is 1. The maximum Gasteiger partial charge on any atom is 0.322 e. The first-order valence-electron chi connectivity index (χ1n) is 7.87. The van der Waals surface area contributed by atoms with Gasteiger partial charge in [-0.3, -0.25) is 0 Å². The molecule has 1 aliphatic heterocycles. The molecule has 2 aromatic rings. The van der Waals surface area contributed by atoms with Gasteiger partial charge in [-0.15, -0.1) is 0 Å². The molecule has 132 valence electrons. The van der Waals surface area contributed by atoms with E-state index >= 15 is 0 Å². The molecule has 0 aliphatic carbocycles. The molecule has 0 atom stereocenters. The fourth-order valence-corrected chi connectivity index (χ4v) is 2.57. The molecule has 3 N–H and O–H groups in total. The molecule has 0 spiro atoms. The smallest absolute Gasteiger partial charge is 0.322 e. The number of halogens is 1. The monoisotopic (exact) mass is 362 g/mol. The summed E-state index contributed by atoms with van der Waals surface area (Å²) in [6.45, 7) is 2.22. The fourth-order valence-electron chi connectivity index (χ4n) is 2.38. The molecule has 9 heteroatoms. The van der Waals surface area contributed by atoms with Crippen LogP contribution in [0.2, 0.25) is 5.02 Å². The minimum atomic E-state index is -0.195. The van der Waals surface area contributed by atoms with E-state index in [-0.39, 0.29) is 6.03 Å². The van der Waals surface area contributed by atoms with Crippen LogP contribution in [0.4, 0.5) is 27.9 Å². The first-order valence-corrected chi connectivity index (χ1v) is 8.24. The zero-order valence-electron chi connectivity index (χ0n) is 13.8. The Labute approximate surface area is 150 Å². The predicted molar refractivity (Wildman–Crippen MR) is 97.7 cm³/mol. The molecule has 3 rings (SSSR count). The number of morpholine rings is 1. The highest BCUT2D eigenvalue weighted by Gasteiger charge is 2.18. The molecule has 8 nitrogen and oxygen atoms in total. The van der Waals surface area contributed by atoms with Crippen LogP contribution in [0.15, 0.2) is 30.5 Å². The molecule has 25 heavy (non-hydrogen) atoms. The van der Waals surface area contributed by atoms with Gasteiger partial charge in [0.2, 0.25) is 5.95 Å². The molecule has 1 fully saturated rings. The van der Waals surface area contributed by atoms with Crippen molar-refractivity contribution in [2.24, 2.45) is 0 Å². The summed E-state index contributed by atoms with van der Waals surface area (Å²) in [5, 5.41) is 9.49. The maximum absolute atomic E-state index is 12.3. The molecule has 0 unspecified atom stereocenters. The topological polar surface area (TPSA) is 91.4 Å². The van der Waals surface area contributed by atoms with E-state index in [9.17, 15) is 4.79 Å².